The Bertz CT molecular complexity index is 307. The smallest absolute Gasteiger partial charge is 0.319 e. The number of likely N-dealkylation sites (tertiary alicyclic amines) is 1. The third-order valence-electron chi connectivity index (χ3n) is 3.83. The average Bonchev–Trinajstić information content (AvgIpc) is 2.31. The van der Waals surface area contributed by atoms with Gasteiger partial charge in [-0.1, -0.05) is 6.92 Å². The number of carbonyl (C=O) groups excluding carboxylic acids is 1. The zero-order chi connectivity index (χ0) is 13.7. The van der Waals surface area contributed by atoms with Crippen molar-refractivity contribution in [1.82, 2.24) is 9.80 Å². The van der Waals surface area contributed by atoms with Crippen molar-refractivity contribution in [1.29, 1.82) is 0 Å². The summed E-state index contributed by atoms with van der Waals surface area (Å²) in [6.45, 7) is 5.58. The van der Waals surface area contributed by atoms with Crippen LogP contribution in [0.3, 0.4) is 0 Å². The van der Waals surface area contributed by atoms with E-state index in [1.54, 1.807) is 11.9 Å². The Balaban J connectivity index is 2.44. The first-order valence-corrected chi connectivity index (χ1v) is 6.67. The van der Waals surface area contributed by atoms with Gasteiger partial charge in [0.1, 0.15) is 0 Å². The fourth-order valence-electron chi connectivity index (χ4n) is 2.39. The van der Waals surface area contributed by atoms with Crippen molar-refractivity contribution in [3.63, 3.8) is 0 Å². The predicted octanol–water partition coefficient (Wildman–Crippen LogP) is 2.02. The van der Waals surface area contributed by atoms with Crippen LogP contribution >= 0.6 is 0 Å². The maximum atomic E-state index is 12.2. The Morgan fingerprint density at radius 2 is 2.06 bits per heavy atom. The summed E-state index contributed by atoms with van der Waals surface area (Å²) in [6, 6.07) is 0.299. The van der Waals surface area contributed by atoms with Crippen LogP contribution in [0.5, 0.6) is 0 Å². The van der Waals surface area contributed by atoms with Gasteiger partial charge in [0.25, 0.3) is 0 Å². The molecule has 18 heavy (non-hydrogen) atoms. The maximum absolute atomic E-state index is 12.2. The molecule has 0 aromatic heterocycles. The van der Waals surface area contributed by atoms with E-state index in [0.29, 0.717) is 18.9 Å². The molecule has 2 unspecified atom stereocenters. The normalized spacial score (nSPS) is 23.8. The van der Waals surface area contributed by atoms with Gasteiger partial charge in [0.05, 0.1) is 0 Å². The summed E-state index contributed by atoms with van der Waals surface area (Å²) in [5.74, 6) is -0.272. The molecule has 1 aliphatic heterocycles. The molecule has 0 bridgehead atoms. The fraction of sp³-hybridized carbons (Fsp3) is 0.846. The molecule has 0 aromatic carbocycles. The number of hydrogen-bond donors (Lipinski definition) is 1. The van der Waals surface area contributed by atoms with E-state index < -0.39 is 5.97 Å². The first kappa shape index (κ1) is 14.8. The minimum absolute atomic E-state index is 0.0273. The highest BCUT2D eigenvalue weighted by atomic mass is 16.4. The lowest BCUT2D eigenvalue weighted by molar-refractivity contribution is -0.137. The number of hydrogen-bond acceptors (Lipinski definition) is 2. The lowest BCUT2D eigenvalue weighted by Crippen LogP contribution is -2.51. The Kier molecular flexibility index (Phi) is 5.44. The Morgan fingerprint density at radius 3 is 2.67 bits per heavy atom. The molecule has 2 atom stereocenters. The molecule has 0 aliphatic carbocycles. The van der Waals surface area contributed by atoms with Crippen molar-refractivity contribution in [2.75, 3.05) is 20.1 Å². The lowest BCUT2D eigenvalue weighted by atomic mass is 9.92. The van der Waals surface area contributed by atoms with Crippen molar-refractivity contribution in [2.45, 2.75) is 45.6 Å². The number of amides is 2. The van der Waals surface area contributed by atoms with Gasteiger partial charge in [0.15, 0.2) is 0 Å². The van der Waals surface area contributed by atoms with Gasteiger partial charge in [-0.05, 0) is 32.1 Å². The van der Waals surface area contributed by atoms with Crippen molar-refractivity contribution in [2.24, 2.45) is 5.92 Å². The first-order valence-electron chi connectivity index (χ1n) is 6.67. The number of nitrogens with zero attached hydrogens (tertiary/aromatic N) is 2. The second kappa shape index (κ2) is 6.61. The van der Waals surface area contributed by atoms with Crippen molar-refractivity contribution in [3.8, 4) is 0 Å². The van der Waals surface area contributed by atoms with E-state index in [1.165, 1.54) is 6.42 Å². The fourth-order valence-corrected chi connectivity index (χ4v) is 2.39. The summed E-state index contributed by atoms with van der Waals surface area (Å²) < 4.78 is 0. The first-order chi connectivity index (χ1) is 8.43. The van der Waals surface area contributed by atoms with Crippen LogP contribution < -0.4 is 0 Å². The average molecular weight is 256 g/mol. The molecule has 2 amide bonds. The molecule has 5 nitrogen and oxygen atoms in total. The van der Waals surface area contributed by atoms with Gasteiger partial charge in [-0.2, -0.15) is 0 Å². The van der Waals surface area contributed by atoms with Gasteiger partial charge in [-0.25, -0.2) is 4.79 Å². The zero-order valence-corrected chi connectivity index (χ0v) is 11.6. The molecule has 1 N–H and O–H groups in total. The molecule has 0 saturated carbocycles. The lowest BCUT2D eigenvalue weighted by Gasteiger charge is -2.39. The monoisotopic (exact) mass is 256 g/mol. The van der Waals surface area contributed by atoms with Gasteiger partial charge in [0, 0.05) is 32.6 Å². The summed E-state index contributed by atoms with van der Waals surface area (Å²) >= 11 is 0. The van der Waals surface area contributed by atoms with E-state index in [-0.39, 0.29) is 18.5 Å². The topological polar surface area (TPSA) is 60.9 Å². The minimum Gasteiger partial charge on any atom is -0.481 e. The summed E-state index contributed by atoms with van der Waals surface area (Å²) in [5.41, 5.74) is 0. The molecular formula is C13H24N2O3. The molecule has 0 radical (unpaired) electrons. The number of piperidine rings is 1. The van der Waals surface area contributed by atoms with Crippen LogP contribution in [0.4, 0.5) is 4.79 Å². The second-order valence-electron chi connectivity index (χ2n) is 5.25. The molecule has 1 aliphatic rings. The third kappa shape index (κ3) is 3.89. The zero-order valence-electron chi connectivity index (χ0n) is 11.6. The number of carbonyl (C=O) groups is 2. The molecule has 1 rings (SSSR count). The minimum atomic E-state index is -0.809. The van der Waals surface area contributed by atoms with E-state index in [2.05, 4.69) is 13.8 Å². The molecule has 1 saturated heterocycles. The van der Waals surface area contributed by atoms with Gasteiger partial charge in [0.2, 0.25) is 0 Å². The van der Waals surface area contributed by atoms with E-state index >= 15 is 0 Å². The second-order valence-corrected chi connectivity index (χ2v) is 5.25. The van der Waals surface area contributed by atoms with E-state index in [4.69, 9.17) is 5.11 Å². The Hall–Kier alpha value is -1.26. The number of aliphatic carboxylic acids is 1. The molecule has 1 fully saturated rings. The maximum Gasteiger partial charge on any atom is 0.319 e. The van der Waals surface area contributed by atoms with Crippen molar-refractivity contribution >= 4 is 12.0 Å². The number of rotatable bonds is 4. The highest BCUT2D eigenvalue weighted by molar-refractivity contribution is 5.74. The van der Waals surface area contributed by atoms with E-state index in [9.17, 15) is 9.59 Å². The summed E-state index contributed by atoms with van der Waals surface area (Å²) in [5, 5.41) is 8.58. The Morgan fingerprint density at radius 1 is 1.39 bits per heavy atom. The Labute approximate surface area is 109 Å². The third-order valence-corrected chi connectivity index (χ3v) is 3.83. The quantitative estimate of drug-likeness (QED) is 0.837. The largest absolute Gasteiger partial charge is 0.481 e. The van der Waals surface area contributed by atoms with Crippen LogP contribution in [0.2, 0.25) is 0 Å². The molecule has 5 heteroatoms. The van der Waals surface area contributed by atoms with E-state index in [1.807, 2.05) is 4.90 Å². The van der Waals surface area contributed by atoms with Crippen LogP contribution in [-0.4, -0.2) is 53.1 Å². The molecule has 0 aromatic rings. The highest BCUT2D eigenvalue weighted by Gasteiger charge is 2.29. The van der Waals surface area contributed by atoms with Gasteiger partial charge in [-0.3, -0.25) is 4.79 Å². The van der Waals surface area contributed by atoms with E-state index in [0.717, 1.165) is 13.0 Å². The van der Waals surface area contributed by atoms with Crippen LogP contribution in [0, 0.1) is 5.92 Å². The van der Waals surface area contributed by atoms with Crippen LogP contribution in [0.15, 0.2) is 0 Å². The number of urea groups is 1. The van der Waals surface area contributed by atoms with Crippen molar-refractivity contribution in [3.05, 3.63) is 0 Å². The molecule has 0 spiro atoms. The molecule has 1 heterocycles. The van der Waals surface area contributed by atoms with Crippen LogP contribution in [0.25, 0.3) is 0 Å². The number of carboxylic acids is 1. The van der Waals surface area contributed by atoms with Gasteiger partial charge >= 0.3 is 12.0 Å². The van der Waals surface area contributed by atoms with Crippen LogP contribution in [0.1, 0.15) is 39.5 Å². The standard InChI is InChI=1S/C13H24N2O3/c1-10-6-4-9-15(11(10)2)13(18)14(3)8-5-7-12(16)17/h10-11H,4-9H2,1-3H3,(H,16,17). The van der Waals surface area contributed by atoms with Crippen molar-refractivity contribution < 1.29 is 14.7 Å². The highest BCUT2D eigenvalue weighted by Crippen LogP contribution is 2.23. The molecule has 104 valence electrons. The number of carboxylic acid groups (broad SMARTS) is 1. The van der Waals surface area contributed by atoms with Gasteiger partial charge < -0.3 is 14.9 Å². The molecular weight excluding hydrogens is 232 g/mol. The summed E-state index contributed by atoms with van der Waals surface area (Å²) in [6.07, 6.45) is 2.85. The van der Waals surface area contributed by atoms with Crippen LogP contribution in [-0.2, 0) is 4.79 Å². The van der Waals surface area contributed by atoms with Gasteiger partial charge in [-0.15, -0.1) is 0 Å². The summed E-state index contributed by atoms with van der Waals surface area (Å²) in [7, 11) is 1.75. The predicted molar refractivity (Wildman–Crippen MR) is 69.5 cm³/mol. The summed E-state index contributed by atoms with van der Waals surface area (Å²) in [4.78, 5) is 26.2. The SMILES string of the molecule is CC1CCCN(C(=O)N(C)CCCC(=O)O)C1C.